The number of fused-ring (bicyclic) bond motifs is 3. The van der Waals surface area contributed by atoms with E-state index in [-0.39, 0.29) is 18.3 Å². The van der Waals surface area contributed by atoms with Crippen molar-refractivity contribution in [3.63, 3.8) is 0 Å². The van der Waals surface area contributed by atoms with Gasteiger partial charge in [-0.25, -0.2) is 4.39 Å². The standard InChI is InChI=1S/C27H25FN4O2/c28-24-4-2-1-3-19(24)14-29-27(33)18-7-12-25-23(13-18)26(31-30-25)17-5-8-20(9-6-17)32-21-10-11-22(32)16-34-15-21/h1-9,12-13,21-22H,10-11,14-16H2,(H,29,33)(H,30,31). The zero-order valence-corrected chi connectivity index (χ0v) is 18.6. The third-order valence-electron chi connectivity index (χ3n) is 6.90. The lowest BCUT2D eigenvalue weighted by Gasteiger charge is -2.36. The molecule has 3 aromatic carbocycles. The molecular formula is C27H25FN4O2. The Morgan fingerprint density at radius 3 is 2.59 bits per heavy atom. The van der Waals surface area contributed by atoms with Crippen molar-refractivity contribution in [2.75, 3.05) is 18.1 Å². The van der Waals surface area contributed by atoms with E-state index in [1.165, 1.54) is 24.6 Å². The lowest BCUT2D eigenvalue weighted by Crippen LogP contribution is -2.45. The number of H-pyrrole nitrogens is 1. The first-order chi connectivity index (χ1) is 16.7. The highest BCUT2D eigenvalue weighted by atomic mass is 19.1. The van der Waals surface area contributed by atoms with Crippen molar-refractivity contribution in [3.8, 4) is 11.3 Å². The number of carbonyl (C=O) groups is 1. The minimum Gasteiger partial charge on any atom is -0.377 e. The van der Waals surface area contributed by atoms with E-state index < -0.39 is 0 Å². The van der Waals surface area contributed by atoms with Crippen LogP contribution in [0.5, 0.6) is 0 Å². The number of ether oxygens (including phenoxy) is 1. The van der Waals surface area contributed by atoms with E-state index in [1.54, 1.807) is 24.3 Å². The lowest BCUT2D eigenvalue weighted by molar-refractivity contribution is 0.0906. The first-order valence-corrected chi connectivity index (χ1v) is 11.6. The molecule has 6 nitrogen and oxygen atoms in total. The van der Waals surface area contributed by atoms with Gasteiger partial charge >= 0.3 is 0 Å². The molecule has 2 aliphatic rings. The third-order valence-corrected chi connectivity index (χ3v) is 6.90. The number of morpholine rings is 1. The van der Waals surface area contributed by atoms with Crippen molar-refractivity contribution in [1.29, 1.82) is 0 Å². The Morgan fingerprint density at radius 1 is 1.06 bits per heavy atom. The highest BCUT2D eigenvalue weighted by Gasteiger charge is 2.37. The molecule has 0 spiro atoms. The number of halogens is 1. The number of aromatic nitrogens is 2. The molecule has 2 N–H and O–H groups in total. The second kappa shape index (κ2) is 8.57. The number of rotatable bonds is 5. The molecule has 2 aliphatic heterocycles. The van der Waals surface area contributed by atoms with Gasteiger partial charge in [-0.05, 0) is 49.2 Å². The van der Waals surface area contributed by atoms with Crippen LogP contribution in [0.25, 0.3) is 22.2 Å². The van der Waals surface area contributed by atoms with Gasteiger partial charge in [0.2, 0.25) is 0 Å². The second-order valence-corrected chi connectivity index (χ2v) is 8.98. The summed E-state index contributed by atoms with van der Waals surface area (Å²) in [5.74, 6) is -0.584. The first-order valence-electron chi connectivity index (χ1n) is 11.6. The smallest absolute Gasteiger partial charge is 0.251 e. The van der Waals surface area contributed by atoms with Gasteiger partial charge < -0.3 is 15.0 Å². The number of benzene rings is 3. The van der Waals surface area contributed by atoms with Gasteiger partial charge in [-0.15, -0.1) is 0 Å². The lowest BCUT2D eigenvalue weighted by atomic mass is 10.0. The Bertz CT molecular complexity index is 1330. The van der Waals surface area contributed by atoms with Crippen molar-refractivity contribution in [1.82, 2.24) is 15.5 Å². The van der Waals surface area contributed by atoms with Crippen molar-refractivity contribution < 1.29 is 13.9 Å². The van der Waals surface area contributed by atoms with Gasteiger partial charge in [-0.1, -0.05) is 30.3 Å². The zero-order chi connectivity index (χ0) is 23.1. The van der Waals surface area contributed by atoms with Crippen molar-refractivity contribution in [2.24, 2.45) is 0 Å². The molecule has 1 aromatic heterocycles. The van der Waals surface area contributed by atoms with Crippen LogP contribution in [0.3, 0.4) is 0 Å². The molecule has 1 amide bonds. The molecule has 2 saturated heterocycles. The number of aromatic amines is 1. The van der Waals surface area contributed by atoms with E-state index in [4.69, 9.17) is 4.74 Å². The van der Waals surface area contributed by atoms with E-state index in [2.05, 4.69) is 44.7 Å². The van der Waals surface area contributed by atoms with Crippen LogP contribution < -0.4 is 10.2 Å². The summed E-state index contributed by atoms with van der Waals surface area (Å²) in [7, 11) is 0. The monoisotopic (exact) mass is 456 g/mol. The summed E-state index contributed by atoms with van der Waals surface area (Å²) >= 11 is 0. The van der Waals surface area contributed by atoms with E-state index in [0.29, 0.717) is 23.2 Å². The highest BCUT2D eigenvalue weighted by Crippen LogP contribution is 2.35. The SMILES string of the molecule is O=C(NCc1ccccc1F)c1ccc2[nH]nc(-c3ccc(N4C5CCC4COC5)cc3)c2c1. The number of carbonyl (C=O) groups excluding carboxylic acids is 1. The zero-order valence-electron chi connectivity index (χ0n) is 18.6. The molecule has 3 heterocycles. The fourth-order valence-electron chi connectivity index (χ4n) is 5.14. The van der Waals surface area contributed by atoms with Crippen molar-refractivity contribution in [2.45, 2.75) is 31.5 Å². The van der Waals surface area contributed by atoms with Crippen molar-refractivity contribution >= 4 is 22.5 Å². The van der Waals surface area contributed by atoms with Crippen LogP contribution in [0.4, 0.5) is 10.1 Å². The molecule has 2 bridgehead atoms. The van der Waals surface area contributed by atoms with Crippen LogP contribution in [-0.4, -0.2) is 41.4 Å². The largest absolute Gasteiger partial charge is 0.377 e. The van der Waals surface area contributed by atoms with Gasteiger partial charge in [0.05, 0.1) is 36.5 Å². The normalized spacial score (nSPS) is 19.5. The summed E-state index contributed by atoms with van der Waals surface area (Å²) < 4.78 is 19.6. The van der Waals surface area contributed by atoms with E-state index >= 15 is 0 Å². The van der Waals surface area contributed by atoms with Crippen molar-refractivity contribution in [3.05, 3.63) is 83.7 Å². The number of nitrogens with one attached hydrogen (secondary N) is 2. The molecule has 2 fully saturated rings. The summed E-state index contributed by atoms with van der Waals surface area (Å²) in [5, 5.41) is 11.3. The Kier molecular flexibility index (Phi) is 5.26. The average molecular weight is 457 g/mol. The second-order valence-electron chi connectivity index (χ2n) is 8.98. The maximum atomic E-state index is 13.9. The summed E-state index contributed by atoms with van der Waals surface area (Å²) in [6, 6.07) is 21.3. The summed E-state index contributed by atoms with van der Waals surface area (Å²) in [6.07, 6.45) is 2.36. The topological polar surface area (TPSA) is 70.2 Å². The van der Waals surface area contributed by atoms with Gasteiger partial charge in [0.25, 0.3) is 5.91 Å². The van der Waals surface area contributed by atoms with Crippen LogP contribution in [0.1, 0.15) is 28.8 Å². The maximum Gasteiger partial charge on any atom is 0.251 e. The Balaban J connectivity index is 1.23. The predicted octanol–water partition coefficient (Wildman–Crippen LogP) is 4.67. The molecule has 34 heavy (non-hydrogen) atoms. The van der Waals surface area contributed by atoms with Gasteiger partial charge in [0.15, 0.2) is 0 Å². The van der Waals surface area contributed by atoms with E-state index in [9.17, 15) is 9.18 Å². The van der Waals surface area contributed by atoms with E-state index in [1.807, 2.05) is 12.1 Å². The van der Waals surface area contributed by atoms with Crippen LogP contribution in [0, 0.1) is 5.82 Å². The average Bonchev–Trinajstić information content (AvgIpc) is 3.40. The number of hydrogen-bond acceptors (Lipinski definition) is 4. The van der Waals surface area contributed by atoms with Gasteiger partial charge in [-0.3, -0.25) is 9.89 Å². The molecule has 0 saturated carbocycles. The maximum absolute atomic E-state index is 13.9. The van der Waals surface area contributed by atoms with Crippen LogP contribution in [0.2, 0.25) is 0 Å². The van der Waals surface area contributed by atoms with Gasteiger partial charge in [0.1, 0.15) is 5.82 Å². The molecule has 6 rings (SSSR count). The number of nitrogens with zero attached hydrogens (tertiary/aromatic N) is 2. The predicted molar refractivity (Wildman–Crippen MR) is 129 cm³/mol. The Hall–Kier alpha value is -3.71. The molecule has 0 radical (unpaired) electrons. The number of hydrogen-bond donors (Lipinski definition) is 2. The van der Waals surface area contributed by atoms with E-state index in [0.717, 1.165) is 35.4 Å². The minimum absolute atomic E-state index is 0.132. The first kappa shape index (κ1) is 20.9. The molecule has 4 aromatic rings. The number of anilines is 1. The number of amides is 1. The molecule has 2 unspecified atom stereocenters. The Labute approximate surface area is 196 Å². The van der Waals surface area contributed by atoms with Crippen LogP contribution in [0.15, 0.2) is 66.7 Å². The Morgan fingerprint density at radius 2 is 1.82 bits per heavy atom. The summed E-state index contributed by atoms with van der Waals surface area (Å²) in [5.41, 5.74) is 4.82. The van der Waals surface area contributed by atoms with Gasteiger partial charge in [0, 0.05) is 34.3 Å². The fourth-order valence-corrected chi connectivity index (χ4v) is 5.14. The molecule has 172 valence electrons. The highest BCUT2D eigenvalue weighted by molar-refractivity contribution is 6.01. The molecule has 2 atom stereocenters. The minimum atomic E-state index is -0.330. The van der Waals surface area contributed by atoms with Gasteiger partial charge in [-0.2, -0.15) is 5.10 Å². The molecule has 0 aliphatic carbocycles. The molecular weight excluding hydrogens is 431 g/mol. The van der Waals surface area contributed by atoms with Crippen LogP contribution >= 0.6 is 0 Å². The van der Waals surface area contributed by atoms with Crippen LogP contribution in [-0.2, 0) is 11.3 Å². The fraction of sp³-hybridized carbons (Fsp3) is 0.259. The quantitative estimate of drug-likeness (QED) is 0.458. The third kappa shape index (κ3) is 3.72. The summed E-state index contributed by atoms with van der Waals surface area (Å²) in [6.45, 7) is 1.72. The molecule has 7 heteroatoms. The summed E-state index contributed by atoms with van der Waals surface area (Å²) in [4.78, 5) is 15.2.